The summed E-state index contributed by atoms with van der Waals surface area (Å²) in [6.45, 7) is 5.46. The molecule has 1 aliphatic heterocycles. The summed E-state index contributed by atoms with van der Waals surface area (Å²) in [4.78, 5) is 9.62. The van der Waals surface area contributed by atoms with Crippen molar-refractivity contribution in [1.29, 1.82) is 0 Å². The summed E-state index contributed by atoms with van der Waals surface area (Å²) >= 11 is 0. The Balaban J connectivity index is 1.65. The fraction of sp³-hybridized carbons (Fsp3) is 0.706. The van der Waals surface area contributed by atoms with E-state index in [9.17, 15) is 0 Å². The third-order valence-corrected chi connectivity index (χ3v) is 4.85. The van der Waals surface area contributed by atoms with Crippen molar-refractivity contribution in [1.82, 2.24) is 15.2 Å². The first-order valence-electron chi connectivity index (χ1n) is 8.25. The van der Waals surface area contributed by atoms with E-state index in [4.69, 9.17) is 4.98 Å². The number of likely N-dealkylation sites (tertiary alicyclic amines) is 1. The van der Waals surface area contributed by atoms with E-state index in [2.05, 4.69) is 48.3 Å². The summed E-state index contributed by atoms with van der Waals surface area (Å²) in [7, 11) is 4.40. The van der Waals surface area contributed by atoms with Gasteiger partial charge >= 0.3 is 0 Å². The van der Waals surface area contributed by atoms with Crippen LogP contribution >= 0.6 is 0 Å². The SMILES string of the molecule is Cc1nc(N(C)C2CCCN(C)C2)ccc1CNC1CC1. The second-order valence-electron chi connectivity index (χ2n) is 6.74. The Morgan fingerprint density at radius 1 is 1.33 bits per heavy atom. The van der Waals surface area contributed by atoms with E-state index in [1.54, 1.807) is 0 Å². The van der Waals surface area contributed by atoms with Gasteiger partial charge in [0.15, 0.2) is 0 Å². The Hall–Kier alpha value is -1.13. The molecule has 2 aliphatic rings. The lowest BCUT2D eigenvalue weighted by molar-refractivity contribution is 0.247. The molecule has 2 fully saturated rings. The topological polar surface area (TPSA) is 31.4 Å². The maximum Gasteiger partial charge on any atom is 0.128 e. The molecule has 0 radical (unpaired) electrons. The van der Waals surface area contributed by atoms with Gasteiger partial charge in [-0.15, -0.1) is 0 Å². The Morgan fingerprint density at radius 2 is 2.14 bits per heavy atom. The molecule has 1 saturated heterocycles. The largest absolute Gasteiger partial charge is 0.355 e. The predicted molar refractivity (Wildman–Crippen MR) is 87.8 cm³/mol. The van der Waals surface area contributed by atoms with Crippen molar-refractivity contribution in [3.63, 3.8) is 0 Å². The Labute approximate surface area is 128 Å². The van der Waals surface area contributed by atoms with Crippen molar-refractivity contribution in [3.8, 4) is 0 Å². The molecule has 1 N–H and O–H groups in total. The quantitative estimate of drug-likeness (QED) is 0.900. The maximum absolute atomic E-state index is 4.84. The zero-order valence-electron chi connectivity index (χ0n) is 13.6. The van der Waals surface area contributed by atoms with Crippen LogP contribution < -0.4 is 10.2 Å². The second kappa shape index (κ2) is 6.32. The average Bonchev–Trinajstić information content (AvgIpc) is 3.29. The molecule has 4 nitrogen and oxygen atoms in total. The zero-order valence-corrected chi connectivity index (χ0v) is 13.6. The molecule has 0 amide bonds. The molecule has 2 heterocycles. The third kappa shape index (κ3) is 3.74. The summed E-state index contributed by atoms with van der Waals surface area (Å²) in [5.74, 6) is 1.11. The molecule has 1 aliphatic carbocycles. The monoisotopic (exact) mass is 288 g/mol. The number of nitrogens with one attached hydrogen (secondary N) is 1. The van der Waals surface area contributed by atoms with Gasteiger partial charge in [-0.05, 0) is 57.8 Å². The van der Waals surface area contributed by atoms with Gasteiger partial charge in [-0.3, -0.25) is 0 Å². The number of likely N-dealkylation sites (N-methyl/N-ethyl adjacent to an activating group) is 2. The molecule has 0 aromatic carbocycles. The number of piperidine rings is 1. The van der Waals surface area contributed by atoms with Crippen LogP contribution in [0.4, 0.5) is 5.82 Å². The first-order valence-corrected chi connectivity index (χ1v) is 8.25. The highest BCUT2D eigenvalue weighted by atomic mass is 15.2. The van der Waals surface area contributed by atoms with Crippen molar-refractivity contribution >= 4 is 5.82 Å². The summed E-state index contributed by atoms with van der Waals surface area (Å²) in [5.41, 5.74) is 2.50. The van der Waals surface area contributed by atoms with E-state index >= 15 is 0 Å². The number of pyridine rings is 1. The Kier molecular flexibility index (Phi) is 4.45. The van der Waals surface area contributed by atoms with Gasteiger partial charge in [-0.2, -0.15) is 0 Å². The zero-order chi connectivity index (χ0) is 14.8. The number of aryl methyl sites for hydroxylation is 1. The highest BCUT2D eigenvalue weighted by Gasteiger charge is 2.23. The van der Waals surface area contributed by atoms with Gasteiger partial charge in [0.05, 0.1) is 0 Å². The number of hydrogen-bond acceptors (Lipinski definition) is 4. The van der Waals surface area contributed by atoms with Crippen molar-refractivity contribution in [2.24, 2.45) is 0 Å². The molecule has 1 aromatic rings. The number of hydrogen-bond donors (Lipinski definition) is 1. The minimum absolute atomic E-state index is 0.589. The van der Waals surface area contributed by atoms with E-state index in [1.165, 1.54) is 37.8 Å². The fourth-order valence-electron chi connectivity index (χ4n) is 3.14. The van der Waals surface area contributed by atoms with E-state index in [0.717, 1.165) is 30.6 Å². The summed E-state index contributed by atoms with van der Waals surface area (Å²) in [6.07, 6.45) is 5.23. The number of rotatable bonds is 5. The fourth-order valence-corrected chi connectivity index (χ4v) is 3.14. The van der Waals surface area contributed by atoms with Crippen LogP contribution in [0.2, 0.25) is 0 Å². The van der Waals surface area contributed by atoms with Crippen molar-refractivity contribution in [2.75, 3.05) is 32.1 Å². The number of nitrogens with zero attached hydrogens (tertiary/aromatic N) is 3. The molecule has 3 rings (SSSR count). The standard InChI is InChI=1S/C17H28N4/c1-13-14(11-18-15-7-8-15)6-9-17(19-13)21(3)16-5-4-10-20(2)12-16/h6,9,15-16,18H,4-5,7-8,10-12H2,1-3H3. The summed E-state index contributed by atoms with van der Waals surface area (Å²) in [5, 5.41) is 3.57. The van der Waals surface area contributed by atoms with Gasteiger partial charge in [0.1, 0.15) is 5.82 Å². The first-order chi connectivity index (χ1) is 10.1. The molecule has 1 unspecified atom stereocenters. The van der Waals surface area contributed by atoms with Crippen LogP contribution in [-0.2, 0) is 6.54 Å². The van der Waals surface area contributed by atoms with Gasteiger partial charge < -0.3 is 15.1 Å². The molecule has 116 valence electrons. The van der Waals surface area contributed by atoms with Crippen LogP contribution in [0.5, 0.6) is 0 Å². The molecule has 21 heavy (non-hydrogen) atoms. The van der Waals surface area contributed by atoms with Gasteiger partial charge in [-0.1, -0.05) is 6.07 Å². The van der Waals surface area contributed by atoms with Gasteiger partial charge in [0, 0.05) is 37.9 Å². The highest BCUT2D eigenvalue weighted by molar-refractivity contribution is 5.42. The Morgan fingerprint density at radius 3 is 2.81 bits per heavy atom. The maximum atomic E-state index is 4.84. The van der Waals surface area contributed by atoms with Crippen LogP contribution in [0.1, 0.15) is 36.9 Å². The van der Waals surface area contributed by atoms with Crippen molar-refractivity contribution in [2.45, 2.75) is 51.2 Å². The van der Waals surface area contributed by atoms with Crippen LogP contribution in [0.3, 0.4) is 0 Å². The van der Waals surface area contributed by atoms with Crippen molar-refractivity contribution in [3.05, 3.63) is 23.4 Å². The van der Waals surface area contributed by atoms with Crippen molar-refractivity contribution < 1.29 is 0 Å². The molecule has 1 atom stereocenters. The third-order valence-electron chi connectivity index (χ3n) is 4.85. The van der Waals surface area contributed by atoms with Crippen LogP contribution in [0.25, 0.3) is 0 Å². The lowest BCUT2D eigenvalue weighted by Crippen LogP contribution is -2.45. The van der Waals surface area contributed by atoms with Gasteiger partial charge in [0.2, 0.25) is 0 Å². The second-order valence-corrected chi connectivity index (χ2v) is 6.74. The van der Waals surface area contributed by atoms with Crippen LogP contribution in [0, 0.1) is 6.92 Å². The van der Waals surface area contributed by atoms with E-state index in [0.29, 0.717) is 6.04 Å². The molecule has 1 aromatic heterocycles. The molecular formula is C17H28N4. The first kappa shape index (κ1) is 14.8. The molecular weight excluding hydrogens is 260 g/mol. The van der Waals surface area contributed by atoms with E-state index < -0.39 is 0 Å². The average molecular weight is 288 g/mol. The van der Waals surface area contributed by atoms with Gasteiger partial charge in [0.25, 0.3) is 0 Å². The molecule has 1 saturated carbocycles. The smallest absolute Gasteiger partial charge is 0.128 e. The van der Waals surface area contributed by atoms with E-state index in [1.807, 2.05) is 0 Å². The van der Waals surface area contributed by atoms with Gasteiger partial charge in [-0.25, -0.2) is 4.98 Å². The molecule has 0 bridgehead atoms. The highest BCUT2D eigenvalue weighted by Crippen LogP contribution is 2.22. The summed E-state index contributed by atoms with van der Waals surface area (Å²) in [6, 6.07) is 5.78. The van der Waals surface area contributed by atoms with Crippen LogP contribution in [0.15, 0.2) is 12.1 Å². The predicted octanol–water partition coefficient (Wildman–Crippen LogP) is 2.17. The lowest BCUT2D eigenvalue weighted by atomic mass is 10.0. The minimum atomic E-state index is 0.589. The molecule has 0 spiro atoms. The Bertz CT molecular complexity index is 484. The number of anilines is 1. The minimum Gasteiger partial charge on any atom is -0.355 e. The van der Waals surface area contributed by atoms with E-state index in [-0.39, 0.29) is 0 Å². The molecule has 4 heteroatoms. The lowest BCUT2D eigenvalue weighted by Gasteiger charge is -2.36. The summed E-state index contributed by atoms with van der Waals surface area (Å²) < 4.78 is 0. The normalized spacial score (nSPS) is 23.3. The number of aromatic nitrogens is 1. The van der Waals surface area contributed by atoms with Crippen LogP contribution in [-0.4, -0.2) is 49.2 Å².